The highest BCUT2D eigenvalue weighted by molar-refractivity contribution is 5.87. The highest BCUT2D eigenvalue weighted by Gasteiger charge is 2.24. The van der Waals surface area contributed by atoms with E-state index in [0.717, 1.165) is 31.6 Å². The van der Waals surface area contributed by atoms with Crippen molar-refractivity contribution in [1.82, 2.24) is 4.90 Å². The second-order valence-electron chi connectivity index (χ2n) is 6.22. The van der Waals surface area contributed by atoms with E-state index in [1.54, 1.807) is 0 Å². The first-order valence-electron chi connectivity index (χ1n) is 8.75. The van der Waals surface area contributed by atoms with Gasteiger partial charge in [-0.05, 0) is 19.4 Å². The molecule has 1 atom stereocenters. The first kappa shape index (κ1) is 17.5. The minimum absolute atomic E-state index is 0.475. The molecular formula is C17H34N2O. The Morgan fingerprint density at radius 2 is 1.70 bits per heavy atom. The Kier molecular flexibility index (Phi) is 9.73. The van der Waals surface area contributed by atoms with Crippen molar-refractivity contribution in [2.24, 2.45) is 11.1 Å². The van der Waals surface area contributed by atoms with Gasteiger partial charge in [-0.25, -0.2) is 0 Å². The van der Waals surface area contributed by atoms with E-state index < -0.39 is 0 Å². The molecule has 1 rings (SSSR count). The van der Waals surface area contributed by atoms with E-state index in [4.69, 9.17) is 5.21 Å². The summed E-state index contributed by atoms with van der Waals surface area (Å²) >= 11 is 0. The first-order valence-corrected chi connectivity index (χ1v) is 8.75. The van der Waals surface area contributed by atoms with E-state index in [1.165, 1.54) is 57.9 Å². The summed E-state index contributed by atoms with van der Waals surface area (Å²) in [4.78, 5) is 2.56. The smallest absolute Gasteiger partial charge is 0.0627 e. The van der Waals surface area contributed by atoms with E-state index in [-0.39, 0.29) is 0 Å². The molecule has 1 heterocycles. The van der Waals surface area contributed by atoms with E-state index in [1.807, 2.05) is 0 Å². The van der Waals surface area contributed by atoms with Crippen molar-refractivity contribution < 1.29 is 5.21 Å². The molecule has 0 amide bonds. The molecule has 1 aliphatic rings. The van der Waals surface area contributed by atoms with Crippen molar-refractivity contribution in [3.8, 4) is 0 Å². The maximum atomic E-state index is 8.98. The van der Waals surface area contributed by atoms with Gasteiger partial charge in [-0.1, -0.05) is 63.9 Å². The van der Waals surface area contributed by atoms with Crippen LogP contribution in [-0.2, 0) is 0 Å². The molecule has 0 bridgehead atoms. The van der Waals surface area contributed by atoms with Gasteiger partial charge in [0.05, 0.1) is 5.71 Å². The molecule has 0 saturated carbocycles. The van der Waals surface area contributed by atoms with Gasteiger partial charge < -0.3 is 10.1 Å². The third-order valence-electron chi connectivity index (χ3n) is 4.58. The molecule has 0 aromatic heterocycles. The van der Waals surface area contributed by atoms with Crippen molar-refractivity contribution >= 4 is 5.71 Å². The molecule has 0 spiro atoms. The van der Waals surface area contributed by atoms with Gasteiger partial charge in [0.15, 0.2) is 0 Å². The van der Waals surface area contributed by atoms with Crippen molar-refractivity contribution in [3.05, 3.63) is 0 Å². The number of likely N-dealkylation sites (tertiary alicyclic amines) is 1. The summed E-state index contributed by atoms with van der Waals surface area (Å²) in [7, 11) is 0. The number of hydrogen-bond acceptors (Lipinski definition) is 3. The lowest BCUT2D eigenvalue weighted by atomic mass is 9.93. The van der Waals surface area contributed by atoms with Crippen LogP contribution in [0.4, 0.5) is 0 Å². The van der Waals surface area contributed by atoms with Crippen LogP contribution in [0.25, 0.3) is 0 Å². The molecule has 0 aromatic rings. The molecule has 20 heavy (non-hydrogen) atoms. The minimum Gasteiger partial charge on any atom is -0.411 e. The SMILES string of the molecule is CCCCCCCCCCN1CCC(=NO)C(CC)C1. The fourth-order valence-electron chi connectivity index (χ4n) is 3.15. The molecule has 0 aromatic carbocycles. The zero-order valence-electron chi connectivity index (χ0n) is 13.6. The molecule has 1 fully saturated rings. The fraction of sp³-hybridized carbons (Fsp3) is 0.941. The van der Waals surface area contributed by atoms with Gasteiger partial charge in [0.2, 0.25) is 0 Å². The highest BCUT2D eigenvalue weighted by atomic mass is 16.4. The van der Waals surface area contributed by atoms with Gasteiger partial charge in [-0.3, -0.25) is 0 Å². The topological polar surface area (TPSA) is 35.8 Å². The number of piperidine rings is 1. The number of oxime groups is 1. The molecule has 118 valence electrons. The Balaban J connectivity index is 2.02. The van der Waals surface area contributed by atoms with Crippen LogP contribution in [0.3, 0.4) is 0 Å². The van der Waals surface area contributed by atoms with E-state index >= 15 is 0 Å². The summed E-state index contributed by atoms with van der Waals surface area (Å²) in [5.74, 6) is 0.475. The first-order chi connectivity index (χ1) is 9.81. The van der Waals surface area contributed by atoms with Crippen LogP contribution in [0.5, 0.6) is 0 Å². The molecular weight excluding hydrogens is 248 g/mol. The standard InChI is InChI=1S/C17H34N2O/c1-3-5-6-7-8-9-10-11-13-19-14-12-17(18-20)16(4-2)15-19/h16,20H,3-15H2,1-2H3. The third-order valence-corrected chi connectivity index (χ3v) is 4.58. The van der Waals surface area contributed by atoms with Crippen molar-refractivity contribution in [3.63, 3.8) is 0 Å². The zero-order valence-corrected chi connectivity index (χ0v) is 13.6. The summed E-state index contributed by atoms with van der Waals surface area (Å²) < 4.78 is 0. The Hall–Kier alpha value is -0.570. The average molecular weight is 282 g/mol. The number of unbranched alkanes of at least 4 members (excludes halogenated alkanes) is 7. The quantitative estimate of drug-likeness (QED) is 0.358. The lowest BCUT2D eigenvalue weighted by molar-refractivity contribution is 0.223. The number of hydrogen-bond donors (Lipinski definition) is 1. The maximum Gasteiger partial charge on any atom is 0.0627 e. The summed E-state index contributed by atoms with van der Waals surface area (Å²) in [5.41, 5.74) is 1.01. The summed E-state index contributed by atoms with van der Waals surface area (Å²) in [5, 5.41) is 12.5. The molecule has 1 aliphatic heterocycles. The second kappa shape index (κ2) is 11.1. The monoisotopic (exact) mass is 282 g/mol. The van der Waals surface area contributed by atoms with Gasteiger partial charge in [0.1, 0.15) is 0 Å². The fourth-order valence-corrected chi connectivity index (χ4v) is 3.15. The van der Waals surface area contributed by atoms with Crippen LogP contribution in [0, 0.1) is 5.92 Å². The average Bonchev–Trinajstić information content (AvgIpc) is 2.49. The molecule has 0 aliphatic carbocycles. The summed E-state index contributed by atoms with van der Waals surface area (Å²) in [6.07, 6.45) is 13.1. The zero-order chi connectivity index (χ0) is 14.6. The molecule has 3 nitrogen and oxygen atoms in total. The van der Waals surface area contributed by atoms with Gasteiger partial charge in [0.25, 0.3) is 0 Å². The predicted octanol–water partition coefficient (Wildman–Crippen LogP) is 4.69. The van der Waals surface area contributed by atoms with Crippen molar-refractivity contribution in [1.29, 1.82) is 0 Å². The number of nitrogens with zero attached hydrogens (tertiary/aromatic N) is 2. The van der Waals surface area contributed by atoms with E-state index in [2.05, 4.69) is 23.9 Å². The summed E-state index contributed by atoms with van der Waals surface area (Å²) in [6, 6.07) is 0. The highest BCUT2D eigenvalue weighted by Crippen LogP contribution is 2.18. The Labute approximate surface area is 125 Å². The van der Waals surface area contributed by atoms with Crippen LogP contribution >= 0.6 is 0 Å². The summed E-state index contributed by atoms with van der Waals surface area (Å²) in [6.45, 7) is 7.85. The van der Waals surface area contributed by atoms with Gasteiger partial charge in [-0.2, -0.15) is 0 Å². The van der Waals surface area contributed by atoms with Gasteiger partial charge >= 0.3 is 0 Å². The largest absolute Gasteiger partial charge is 0.411 e. The Morgan fingerprint density at radius 3 is 2.30 bits per heavy atom. The lowest BCUT2D eigenvalue weighted by Gasteiger charge is -2.32. The molecule has 1 saturated heterocycles. The van der Waals surface area contributed by atoms with Gasteiger partial charge in [-0.15, -0.1) is 0 Å². The Morgan fingerprint density at radius 1 is 1.05 bits per heavy atom. The predicted molar refractivity (Wildman–Crippen MR) is 86.7 cm³/mol. The molecule has 1 N–H and O–H groups in total. The van der Waals surface area contributed by atoms with Crippen LogP contribution < -0.4 is 0 Å². The van der Waals surface area contributed by atoms with Crippen molar-refractivity contribution in [2.75, 3.05) is 19.6 Å². The Bertz CT molecular complexity index is 266. The van der Waals surface area contributed by atoms with Gasteiger partial charge in [0, 0.05) is 25.4 Å². The number of rotatable bonds is 10. The molecule has 0 radical (unpaired) electrons. The van der Waals surface area contributed by atoms with E-state index in [0.29, 0.717) is 5.92 Å². The minimum atomic E-state index is 0.475. The van der Waals surface area contributed by atoms with Crippen LogP contribution in [0.2, 0.25) is 0 Å². The van der Waals surface area contributed by atoms with E-state index in [9.17, 15) is 0 Å². The normalized spacial score (nSPS) is 22.5. The maximum absolute atomic E-state index is 8.98. The molecule has 3 heteroatoms. The van der Waals surface area contributed by atoms with Crippen LogP contribution in [-0.4, -0.2) is 35.5 Å². The third kappa shape index (κ3) is 6.74. The van der Waals surface area contributed by atoms with Crippen LogP contribution in [0.1, 0.15) is 78.1 Å². The lowest BCUT2D eigenvalue weighted by Crippen LogP contribution is -2.41. The molecule has 1 unspecified atom stereocenters. The second-order valence-corrected chi connectivity index (χ2v) is 6.22. The van der Waals surface area contributed by atoms with Crippen LogP contribution in [0.15, 0.2) is 5.16 Å². The van der Waals surface area contributed by atoms with Crippen molar-refractivity contribution in [2.45, 2.75) is 78.1 Å².